The summed E-state index contributed by atoms with van der Waals surface area (Å²) in [7, 11) is 0. The highest BCUT2D eigenvalue weighted by Gasteiger charge is 2.20. The minimum Gasteiger partial charge on any atom is -0.385 e. The topological polar surface area (TPSA) is 42.7 Å². The number of anilines is 1. The van der Waals surface area contributed by atoms with Gasteiger partial charge in [-0.25, -0.2) is 4.98 Å². The van der Waals surface area contributed by atoms with Gasteiger partial charge in [-0.3, -0.25) is 4.68 Å². The average molecular weight is 256 g/mol. The number of nitrogens with zero attached hydrogens (tertiary/aromatic N) is 3. The van der Waals surface area contributed by atoms with Crippen LogP contribution in [-0.2, 0) is 19.4 Å². The second-order valence-corrected chi connectivity index (χ2v) is 5.21. The van der Waals surface area contributed by atoms with E-state index < -0.39 is 0 Å². The predicted molar refractivity (Wildman–Crippen MR) is 76.1 cm³/mol. The summed E-state index contributed by atoms with van der Waals surface area (Å²) in [5, 5.41) is 7.82. The van der Waals surface area contributed by atoms with Crippen LogP contribution in [0.4, 0.5) is 5.69 Å². The molecule has 0 bridgehead atoms. The first kappa shape index (κ1) is 12.2. The van der Waals surface area contributed by atoms with Crippen LogP contribution in [0.2, 0.25) is 0 Å². The molecule has 1 aliphatic rings. The first-order valence-corrected chi connectivity index (χ1v) is 7.05. The van der Waals surface area contributed by atoms with E-state index in [1.807, 2.05) is 4.68 Å². The lowest BCUT2D eigenvalue weighted by Gasteiger charge is -2.25. The highest BCUT2D eigenvalue weighted by molar-refractivity contribution is 5.53. The van der Waals surface area contributed by atoms with E-state index in [1.165, 1.54) is 11.3 Å². The van der Waals surface area contributed by atoms with Gasteiger partial charge in [0.15, 0.2) is 0 Å². The van der Waals surface area contributed by atoms with Crippen LogP contribution in [-0.4, -0.2) is 21.3 Å². The molecule has 1 atom stereocenters. The third-order valence-corrected chi connectivity index (χ3v) is 3.71. The molecule has 100 valence electrons. The summed E-state index contributed by atoms with van der Waals surface area (Å²) in [5.41, 5.74) is 2.70. The van der Waals surface area contributed by atoms with Crippen LogP contribution in [0.5, 0.6) is 0 Å². The van der Waals surface area contributed by atoms with Crippen molar-refractivity contribution < 1.29 is 0 Å². The number of aryl methyl sites for hydroxylation is 1. The summed E-state index contributed by atoms with van der Waals surface area (Å²) < 4.78 is 2.04. The Morgan fingerprint density at radius 1 is 1.37 bits per heavy atom. The van der Waals surface area contributed by atoms with Crippen molar-refractivity contribution in [2.45, 2.75) is 32.7 Å². The first-order chi connectivity index (χ1) is 9.36. The van der Waals surface area contributed by atoms with Gasteiger partial charge in [0.05, 0.1) is 0 Å². The number of hydrogen-bond donors (Lipinski definition) is 1. The predicted octanol–water partition coefficient (Wildman–Crippen LogP) is 2.52. The van der Waals surface area contributed by atoms with Gasteiger partial charge >= 0.3 is 0 Å². The number of fused-ring (bicyclic) bond motifs is 1. The van der Waals surface area contributed by atoms with E-state index in [4.69, 9.17) is 0 Å². The lowest BCUT2D eigenvalue weighted by molar-refractivity contribution is 0.484. The van der Waals surface area contributed by atoms with Crippen LogP contribution in [0.1, 0.15) is 24.7 Å². The summed E-state index contributed by atoms with van der Waals surface area (Å²) in [4.78, 5) is 4.41. The molecule has 0 saturated heterocycles. The Hall–Kier alpha value is -1.84. The quantitative estimate of drug-likeness (QED) is 0.914. The van der Waals surface area contributed by atoms with Crippen LogP contribution >= 0.6 is 0 Å². The smallest absolute Gasteiger partial charge is 0.138 e. The molecule has 1 aromatic carbocycles. The van der Waals surface area contributed by atoms with Crippen LogP contribution in [0.25, 0.3) is 0 Å². The normalized spacial score (nSPS) is 17.8. The van der Waals surface area contributed by atoms with Crippen molar-refractivity contribution in [3.8, 4) is 0 Å². The molecule has 0 fully saturated rings. The number of benzene rings is 1. The molecular weight excluding hydrogens is 236 g/mol. The van der Waals surface area contributed by atoms with Crippen LogP contribution in [0, 0.1) is 5.92 Å². The minimum absolute atomic E-state index is 0.606. The van der Waals surface area contributed by atoms with E-state index >= 15 is 0 Å². The second-order valence-electron chi connectivity index (χ2n) is 5.21. The van der Waals surface area contributed by atoms with Crippen molar-refractivity contribution in [1.29, 1.82) is 0 Å². The van der Waals surface area contributed by atoms with E-state index in [1.54, 1.807) is 6.33 Å². The van der Waals surface area contributed by atoms with E-state index in [9.17, 15) is 0 Å². The molecule has 0 radical (unpaired) electrons. The molecule has 4 nitrogen and oxygen atoms in total. The number of rotatable bonds is 4. The SMILES string of the molecule is CCCn1ncnc1CC1CNc2ccccc2C1. The van der Waals surface area contributed by atoms with E-state index in [-0.39, 0.29) is 0 Å². The number of hydrogen-bond acceptors (Lipinski definition) is 3. The molecule has 2 aromatic rings. The molecular formula is C15H20N4. The second kappa shape index (κ2) is 5.43. The molecule has 1 unspecified atom stereocenters. The summed E-state index contributed by atoms with van der Waals surface area (Å²) in [6.45, 7) is 4.16. The van der Waals surface area contributed by atoms with Crippen LogP contribution in [0.3, 0.4) is 0 Å². The standard InChI is InChI=1S/C15H20N4/c1-2-7-19-15(17-11-18-19)9-12-8-13-5-3-4-6-14(13)16-10-12/h3-6,11-12,16H,2,7-10H2,1H3. The van der Waals surface area contributed by atoms with Gasteiger partial charge in [-0.1, -0.05) is 25.1 Å². The molecule has 1 N–H and O–H groups in total. The summed E-state index contributed by atoms with van der Waals surface area (Å²) in [6.07, 6.45) is 4.90. The average Bonchev–Trinajstić information content (AvgIpc) is 2.86. The Balaban J connectivity index is 1.70. The number of nitrogens with one attached hydrogen (secondary N) is 1. The molecule has 0 aliphatic carbocycles. The molecule has 0 amide bonds. The molecule has 3 rings (SSSR count). The molecule has 0 spiro atoms. The Morgan fingerprint density at radius 3 is 3.16 bits per heavy atom. The fraction of sp³-hybridized carbons (Fsp3) is 0.467. The molecule has 0 saturated carbocycles. The lowest BCUT2D eigenvalue weighted by atomic mass is 9.91. The molecule has 4 heteroatoms. The van der Waals surface area contributed by atoms with Gasteiger partial charge in [0.25, 0.3) is 0 Å². The zero-order chi connectivity index (χ0) is 13.1. The zero-order valence-corrected chi connectivity index (χ0v) is 11.3. The highest BCUT2D eigenvalue weighted by Crippen LogP contribution is 2.25. The van der Waals surface area contributed by atoms with Crippen molar-refractivity contribution in [1.82, 2.24) is 14.8 Å². The van der Waals surface area contributed by atoms with Gasteiger partial charge in [-0.05, 0) is 30.4 Å². The van der Waals surface area contributed by atoms with Crippen molar-refractivity contribution in [3.63, 3.8) is 0 Å². The Kier molecular flexibility index (Phi) is 3.49. The third-order valence-electron chi connectivity index (χ3n) is 3.71. The van der Waals surface area contributed by atoms with E-state index in [2.05, 4.69) is 46.6 Å². The van der Waals surface area contributed by atoms with Crippen LogP contribution < -0.4 is 5.32 Å². The number of aromatic nitrogens is 3. The van der Waals surface area contributed by atoms with Gasteiger partial charge in [0.1, 0.15) is 12.2 Å². The maximum atomic E-state index is 4.41. The molecule has 2 heterocycles. The number of para-hydroxylation sites is 1. The monoisotopic (exact) mass is 256 g/mol. The summed E-state index contributed by atoms with van der Waals surface area (Å²) in [5.74, 6) is 1.72. The van der Waals surface area contributed by atoms with Gasteiger partial charge in [0.2, 0.25) is 0 Å². The van der Waals surface area contributed by atoms with Gasteiger partial charge in [-0.2, -0.15) is 5.10 Å². The Morgan fingerprint density at radius 2 is 2.26 bits per heavy atom. The Labute approximate surface area is 113 Å². The van der Waals surface area contributed by atoms with Crippen molar-refractivity contribution in [2.24, 2.45) is 5.92 Å². The fourth-order valence-electron chi connectivity index (χ4n) is 2.76. The van der Waals surface area contributed by atoms with Gasteiger partial charge in [-0.15, -0.1) is 0 Å². The fourth-order valence-corrected chi connectivity index (χ4v) is 2.76. The first-order valence-electron chi connectivity index (χ1n) is 7.05. The Bertz CT molecular complexity index is 547. The maximum absolute atomic E-state index is 4.41. The van der Waals surface area contributed by atoms with Crippen LogP contribution in [0.15, 0.2) is 30.6 Å². The summed E-state index contributed by atoms with van der Waals surface area (Å²) >= 11 is 0. The maximum Gasteiger partial charge on any atom is 0.138 e. The van der Waals surface area contributed by atoms with Crippen molar-refractivity contribution >= 4 is 5.69 Å². The molecule has 1 aromatic heterocycles. The molecule has 19 heavy (non-hydrogen) atoms. The highest BCUT2D eigenvalue weighted by atomic mass is 15.3. The largest absolute Gasteiger partial charge is 0.385 e. The van der Waals surface area contributed by atoms with E-state index in [0.29, 0.717) is 5.92 Å². The summed E-state index contributed by atoms with van der Waals surface area (Å²) in [6, 6.07) is 8.57. The lowest BCUT2D eigenvalue weighted by Crippen LogP contribution is -2.26. The third kappa shape index (κ3) is 2.62. The minimum atomic E-state index is 0.606. The zero-order valence-electron chi connectivity index (χ0n) is 11.3. The van der Waals surface area contributed by atoms with Gasteiger partial charge in [0, 0.05) is 25.2 Å². The van der Waals surface area contributed by atoms with Gasteiger partial charge < -0.3 is 5.32 Å². The van der Waals surface area contributed by atoms with Crippen molar-refractivity contribution in [3.05, 3.63) is 42.0 Å². The van der Waals surface area contributed by atoms with E-state index in [0.717, 1.165) is 38.2 Å². The van der Waals surface area contributed by atoms with Crippen molar-refractivity contribution in [2.75, 3.05) is 11.9 Å². The molecule has 1 aliphatic heterocycles.